The van der Waals surface area contributed by atoms with Crippen LogP contribution in [0.5, 0.6) is 0 Å². The topological polar surface area (TPSA) is 236 Å². The summed E-state index contributed by atoms with van der Waals surface area (Å²) in [5, 5.41) is 0. The zero-order valence-electron chi connectivity index (χ0n) is 10.3. The first kappa shape index (κ1) is 21.6. The van der Waals surface area contributed by atoms with Crippen molar-refractivity contribution >= 4 is 30.4 Å². The fourth-order valence-corrected chi connectivity index (χ4v) is 7.90. The number of nitrogens with zero attached hydrogens (tertiary/aromatic N) is 1. The molecule has 0 saturated heterocycles. The molecule has 0 aliphatic heterocycles. The maximum Gasteiger partial charge on any atom is 0.400 e. The van der Waals surface area contributed by atoms with Crippen molar-refractivity contribution in [3.8, 4) is 0 Å². The van der Waals surface area contributed by atoms with E-state index in [1.807, 2.05) is 0 Å². The maximum absolute atomic E-state index is 11.2. The third-order valence-electron chi connectivity index (χ3n) is 2.16. The summed E-state index contributed by atoms with van der Waals surface area (Å²) in [6.45, 7) is 0.0956. The van der Waals surface area contributed by atoms with Gasteiger partial charge in [0.1, 0.15) is 6.54 Å². The van der Waals surface area contributed by atoms with E-state index >= 15 is 0 Å². The van der Waals surface area contributed by atoms with Gasteiger partial charge in [-0.25, -0.2) is 0 Å². The van der Waals surface area contributed by atoms with Crippen LogP contribution in [0.1, 0.15) is 6.92 Å². The molecule has 0 fully saturated rings. The number of rotatable bonds is 7. The smallest absolute Gasteiger partial charge is 0.320 e. The van der Waals surface area contributed by atoms with Crippen molar-refractivity contribution in [2.75, 3.05) is 6.54 Å². The molecule has 127 valence electrons. The van der Waals surface area contributed by atoms with Crippen LogP contribution < -0.4 is 4.90 Å². The maximum atomic E-state index is 11.2. The van der Waals surface area contributed by atoms with Crippen molar-refractivity contribution in [2.45, 2.75) is 18.0 Å². The van der Waals surface area contributed by atoms with Crippen molar-refractivity contribution in [1.29, 1.82) is 0 Å². The molecule has 0 aromatic rings. The molecule has 17 heteroatoms. The van der Waals surface area contributed by atoms with Gasteiger partial charge in [0, 0.05) is 0 Å². The first-order valence-corrected chi connectivity index (χ1v) is 11.6. The second kappa shape index (κ2) is 6.59. The lowest BCUT2D eigenvalue weighted by molar-refractivity contribution is 0.266. The largest absolute Gasteiger partial charge is 0.400 e. The predicted octanol–water partition coefficient (Wildman–Crippen LogP) is -1.58. The molecule has 0 heterocycles. The Morgan fingerprint density at radius 2 is 0.857 bits per heavy atom. The molecule has 0 atom stereocenters. The monoisotopic (exact) mass is 393 g/mol. The average molecular weight is 393 g/mol. The van der Waals surface area contributed by atoms with Crippen LogP contribution in [0.2, 0.25) is 0 Å². The molecule has 21 heavy (non-hydrogen) atoms. The molecule has 0 aliphatic rings. The van der Waals surface area contributed by atoms with E-state index in [4.69, 9.17) is 39.1 Å². The molecule has 1 radical (unpaired) electrons. The minimum atomic E-state index is -5.69. The lowest BCUT2D eigenvalue weighted by Crippen LogP contribution is -2.47. The van der Waals surface area contributed by atoms with Gasteiger partial charge in [-0.2, -0.15) is 0 Å². The van der Waals surface area contributed by atoms with Gasteiger partial charge in [0.05, 0.1) is 0 Å². The number of hydrogen-bond acceptors (Lipinski definition) is 5. The summed E-state index contributed by atoms with van der Waals surface area (Å²) in [7, 11) is -22.7. The molecule has 0 aromatic heterocycles. The van der Waals surface area contributed by atoms with E-state index < -0.39 is 48.0 Å². The third-order valence-corrected chi connectivity index (χ3v) is 9.37. The molecule has 0 bridgehead atoms. The van der Waals surface area contributed by atoms with Crippen LogP contribution in [-0.4, -0.2) is 56.7 Å². The molecule has 0 unspecified atom stereocenters. The Balaban J connectivity index is 6.30. The normalized spacial score (nSPS) is 15.2. The second-order valence-electron chi connectivity index (χ2n) is 3.88. The average Bonchev–Trinajstić information content (AvgIpc) is 2.06. The minimum Gasteiger partial charge on any atom is -0.320 e. The Morgan fingerprint density at radius 3 is 0.952 bits per heavy atom. The highest BCUT2D eigenvalue weighted by atomic mass is 31.2. The van der Waals surface area contributed by atoms with Crippen LogP contribution in [-0.2, 0) is 18.3 Å². The minimum absolute atomic E-state index is 0.261. The molecule has 0 spiro atoms. The van der Waals surface area contributed by atoms with Crippen molar-refractivity contribution in [3.05, 3.63) is 0 Å². The van der Waals surface area contributed by atoms with Gasteiger partial charge in [0.15, 0.2) is 0 Å². The quantitative estimate of drug-likeness (QED) is 0.181. The summed E-state index contributed by atoms with van der Waals surface area (Å²) >= 11 is 0. The predicted molar refractivity (Wildman–Crippen MR) is 68.4 cm³/mol. The summed E-state index contributed by atoms with van der Waals surface area (Å²) in [4.78, 5) is 71.5. The Morgan fingerprint density at radius 1 is 0.667 bits per heavy atom. The molecule has 0 amide bonds. The van der Waals surface area contributed by atoms with Gasteiger partial charge in [-0.3, -0.25) is 18.3 Å². The van der Waals surface area contributed by atoms with Crippen LogP contribution in [0.15, 0.2) is 0 Å². The lowest BCUT2D eigenvalue weighted by atomic mass is 10.7. The molecule has 8 N–H and O–H groups in total. The van der Waals surface area contributed by atoms with Gasteiger partial charge in [0.2, 0.25) is 0 Å². The zero-order chi connectivity index (χ0) is 17.4. The molecular formula is C4H15NO12P4+. The second-order valence-corrected chi connectivity index (χ2v) is 11.4. The van der Waals surface area contributed by atoms with E-state index in [2.05, 4.69) is 0 Å². The first-order chi connectivity index (χ1) is 8.94. The van der Waals surface area contributed by atoms with Gasteiger partial charge in [-0.05, 0) is 6.92 Å². The zero-order valence-corrected chi connectivity index (χ0v) is 13.9. The van der Waals surface area contributed by atoms with Crippen molar-refractivity contribution in [3.63, 3.8) is 0 Å². The summed E-state index contributed by atoms with van der Waals surface area (Å²) in [5.41, 5.74) is -6.19. The first-order valence-electron chi connectivity index (χ1n) is 4.90. The van der Waals surface area contributed by atoms with Crippen LogP contribution in [0.4, 0.5) is 0 Å². The molecule has 0 aromatic carbocycles. The van der Waals surface area contributed by atoms with Crippen molar-refractivity contribution in [1.82, 2.24) is 4.90 Å². The third kappa shape index (κ3) is 5.93. The van der Waals surface area contributed by atoms with E-state index in [9.17, 15) is 18.3 Å². The molecule has 13 nitrogen and oxygen atoms in total. The van der Waals surface area contributed by atoms with Crippen molar-refractivity contribution in [2.24, 2.45) is 0 Å². The van der Waals surface area contributed by atoms with E-state index in [0.29, 0.717) is 0 Å². The summed E-state index contributed by atoms with van der Waals surface area (Å²) in [6, 6.07) is 0. The Kier molecular flexibility index (Phi) is 6.76. The molecule has 0 saturated carbocycles. The molecular weight excluding hydrogens is 378 g/mol. The van der Waals surface area contributed by atoms with Crippen LogP contribution >= 0.6 is 30.4 Å². The standard InChI is InChI=1S/C4H15NO12P4/c1-2-5(3(18(6,7)8)19(9,10)11)4(20(12,13)14)21(15,16)17/h3-4H,2H2,1H3,(H2,6,7,8)(H2,9,10,11)(H2,12,13,14)(H2,15,16,17)/q+1. The van der Waals surface area contributed by atoms with Crippen LogP contribution in [0.25, 0.3) is 0 Å². The Bertz CT molecular complexity index is 458. The SMILES string of the molecule is CC[N+](C(P(=O)(O)O)P(=O)(O)O)C(P(=O)(O)O)P(=O)(O)O. The highest BCUT2D eigenvalue weighted by Gasteiger charge is 2.65. The van der Waals surface area contributed by atoms with Gasteiger partial charge >= 0.3 is 41.4 Å². The van der Waals surface area contributed by atoms with Crippen molar-refractivity contribution < 1.29 is 57.4 Å². The van der Waals surface area contributed by atoms with Crippen LogP contribution in [0.3, 0.4) is 0 Å². The fourth-order valence-electron chi connectivity index (χ4n) is 1.61. The van der Waals surface area contributed by atoms with E-state index in [1.54, 1.807) is 0 Å². The van der Waals surface area contributed by atoms with Gasteiger partial charge in [0.25, 0.3) is 0 Å². The van der Waals surface area contributed by atoms with Gasteiger partial charge in [-0.15, -0.1) is 4.90 Å². The fraction of sp³-hybridized carbons (Fsp3) is 1.00. The summed E-state index contributed by atoms with van der Waals surface area (Å²) < 4.78 is 44.8. The highest BCUT2D eigenvalue weighted by molar-refractivity contribution is 7.72. The van der Waals surface area contributed by atoms with Crippen LogP contribution in [0, 0.1) is 0 Å². The Labute approximate surface area is 118 Å². The summed E-state index contributed by atoms with van der Waals surface area (Å²) in [6.07, 6.45) is 0. The van der Waals surface area contributed by atoms with Gasteiger partial charge < -0.3 is 39.1 Å². The summed E-state index contributed by atoms with van der Waals surface area (Å²) in [5.74, 6) is 0. The van der Waals surface area contributed by atoms with Gasteiger partial charge in [-0.1, -0.05) is 0 Å². The number of hydrogen-bond donors (Lipinski definition) is 8. The van der Waals surface area contributed by atoms with E-state index in [1.165, 1.54) is 0 Å². The van der Waals surface area contributed by atoms with E-state index in [0.717, 1.165) is 6.92 Å². The lowest BCUT2D eigenvalue weighted by Gasteiger charge is -2.28. The molecule has 0 rings (SSSR count). The molecule has 0 aliphatic carbocycles. The highest BCUT2D eigenvalue weighted by Crippen LogP contribution is 2.67. The van der Waals surface area contributed by atoms with E-state index in [-0.39, 0.29) is 4.90 Å². The Hall–Kier alpha value is 0.560.